The summed E-state index contributed by atoms with van der Waals surface area (Å²) in [6.45, 7) is 0.110. The topological polar surface area (TPSA) is 78.5 Å². The smallest absolute Gasteiger partial charge is 0.240 e. The molecular formula is C17H18ClN3O3. The molecule has 0 radical (unpaired) electrons. The number of nitrogens with zero attached hydrogens (tertiary/aromatic N) is 1. The van der Waals surface area contributed by atoms with Gasteiger partial charge in [-0.05, 0) is 37.1 Å². The lowest BCUT2D eigenvalue weighted by Crippen LogP contribution is -2.37. The minimum absolute atomic E-state index is 0.0605. The largest absolute Gasteiger partial charge is 0.299 e. The van der Waals surface area contributed by atoms with Crippen LogP contribution in [-0.2, 0) is 14.4 Å². The number of halogens is 1. The first-order valence-corrected chi connectivity index (χ1v) is 8.24. The summed E-state index contributed by atoms with van der Waals surface area (Å²) in [4.78, 5) is 37.7. The van der Waals surface area contributed by atoms with Gasteiger partial charge in [0.25, 0.3) is 0 Å². The predicted octanol–water partition coefficient (Wildman–Crippen LogP) is 2.12. The van der Waals surface area contributed by atoms with E-state index < -0.39 is 0 Å². The predicted molar refractivity (Wildman–Crippen MR) is 89.9 cm³/mol. The Hall–Kier alpha value is -2.34. The Morgan fingerprint density at radius 2 is 1.67 bits per heavy atom. The maximum atomic E-state index is 12.3. The summed E-state index contributed by atoms with van der Waals surface area (Å²) in [6, 6.07) is 6.86. The number of carbonyl (C=O) groups excluding carboxylic acids is 3. The summed E-state index contributed by atoms with van der Waals surface area (Å²) in [7, 11) is 0. The quantitative estimate of drug-likeness (QED) is 0.486. The van der Waals surface area contributed by atoms with E-state index in [0.29, 0.717) is 23.6 Å². The highest BCUT2D eigenvalue weighted by Gasteiger charge is 2.46. The second kappa shape index (κ2) is 7.05. The number of rotatable bonds is 5. The molecule has 3 amide bonds. The average Bonchev–Trinajstić information content (AvgIpc) is 2.84. The van der Waals surface area contributed by atoms with Gasteiger partial charge in [-0.15, -0.1) is 0 Å². The molecule has 24 heavy (non-hydrogen) atoms. The van der Waals surface area contributed by atoms with Crippen molar-refractivity contribution in [2.45, 2.75) is 19.3 Å². The summed E-state index contributed by atoms with van der Waals surface area (Å²) in [5.74, 6) is -1.12. The fourth-order valence-corrected chi connectivity index (χ4v) is 3.17. The number of nitrogens with one attached hydrogen (secondary N) is 2. The van der Waals surface area contributed by atoms with Crippen molar-refractivity contribution in [2.24, 2.45) is 11.8 Å². The fraction of sp³-hybridized carbons (Fsp3) is 0.353. The third-order valence-electron chi connectivity index (χ3n) is 4.35. The van der Waals surface area contributed by atoms with Crippen LogP contribution >= 0.6 is 11.6 Å². The van der Waals surface area contributed by atoms with E-state index in [-0.39, 0.29) is 42.5 Å². The number of allylic oxidation sites excluding steroid dienone is 2. The summed E-state index contributed by atoms with van der Waals surface area (Å²) >= 11 is 5.79. The summed E-state index contributed by atoms with van der Waals surface area (Å²) in [5.41, 5.74) is 6.00. The lowest BCUT2D eigenvalue weighted by Gasteiger charge is -2.15. The highest BCUT2D eigenvalue weighted by molar-refractivity contribution is 6.30. The summed E-state index contributed by atoms with van der Waals surface area (Å²) in [5, 5.41) is 0.605. The van der Waals surface area contributed by atoms with Gasteiger partial charge in [-0.25, -0.2) is 0 Å². The van der Waals surface area contributed by atoms with Crippen LogP contribution in [0.2, 0.25) is 5.02 Å². The van der Waals surface area contributed by atoms with Crippen molar-refractivity contribution in [2.75, 3.05) is 12.0 Å². The lowest BCUT2D eigenvalue weighted by atomic mass is 9.85. The van der Waals surface area contributed by atoms with Crippen LogP contribution in [0.1, 0.15) is 19.3 Å². The molecule has 2 aliphatic rings. The van der Waals surface area contributed by atoms with Crippen molar-refractivity contribution >= 4 is 35.0 Å². The van der Waals surface area contributed by atoms with Gasteiger partial charge in [-0.3, -0.25) is 30.1 Å². The van der Waals surface area contributed by atoms with Gasteiger partial charge in [0.1, 0.15) is 0 Å². The summed E-state index contributed by atoms with van der Waals surface area (Å²) < 4.78 is 0. The van der Waals surface area contributed by atoms with Gasteiger partial charge in [0.05, 0.1) is 17.5 Å². The molecule has 1 aromatic rings. The first-order chi connectivity index (χ1) is 11.6. The van der Waals surface area contributed by atoms with Crippen LogP contribution in [0.25, 0.3) is 0 Å². The maximum absolute atomic E-state index is 12.3. The van der Waals surface area contributed by atoms with Crippen molar-refractivity contribution < 1.29 is 14.4 Å². The molecule has 0 bridgehead atoms. The molecule has 3 rings (SSSR count). The molecule has 0 saturated carbocycles. The Morgan fingerprint density at radius 3 is 2.25 bits per heavy atom. The minimum atomic E-state index is -0.293. The normalized spacial score (nSPS) is 22.5. The number of hydrogen-bond acceptors (Lipinski definition) is 4. The second-order valence-electron chi connectivity index (χ2n) is 5.91. The van der Waals surface area contributed by atoms with Crippen molar-refractivity contribution in [1.82, 2.24) is 10.3 Å². The number of hydrazine groups is 1. The third kappa shape index (κ3) is 3.43. The number of amides is 3. The van der Waals surface area contributed by atoms with Crippen molar-refractivity contribution in [3.8, 4) is 0 Å². The molecule has 1 aliphatic heterocycles. The third-order valence-corrected chi connectivity index (χ3v) is 4.60. The monoisotopic (exact) mass is 347 g/mol. The number of fused-ring (bicyclic) bond motifs is 1. The Balaban J connectivity index is 1.48. The molecule has 0 spiro atoms. The molecule has 1 aliphatic carbocycles. The maximum Gasteiger partial charge on any atom is 0.240 e. The van der Waals surface area contributed by atoms with Crippen LogP contribution in [0.3, 0.4) is 0 Å². The van der Waals surface area contributed by atoms with Gasteiger partial charge in [0.2, 0.25) is 17.7 Å². The highest BCUT2D eigenvalue weighted by atomic mass is 35.5. The first-order valence-electron chi connectivity index (χ1n) is 7.87. The lowest BCUT2D eigenvalue weighted by molar-refractivity contribution is -0.140. The van der Waals surface area contributed by atoms with Gasteiger partial charge in [-0.1, -0.05) is 23.8 Å². The van der Waals surface area contributed by atoms with Crippen LogP contribution in [0.4, 0.5) is 5.69 Å². The van der Waals surface area contributed by atoms with Crippen molar-refractivity contribution in [3.05, 3.63) is 41.4 Å². The van der Waals surface area contributed by atoms with Gasteiger partial charge in [0.15, 0.2) is 0 Å². The van der Waals surface area contributed by atoms with Gasteiger partial charge in [0, 0.05) is 18.0 Å². The van der Waals surface area contributed by atoms with E-state index in [2.05, 4.69) is 10.9 Å². The Labute approximate surface area is 144 Å². The number of benzene rings is 1. The van der Waals surface area contributed by atoms with E-state index in [1.54, 1.807) is 24.3 Å². The van der Waals surface area contributed by atoms with E-state index in [0.717, 1.165) is 0 Å². The number of anilines is 1. The molecule has 2 atom stereocenters. The molecule has 1 saturated heterocycles. The van der Waals surface area contributed by atoms with Crippen molar-refractivity contribution in [1.29, 1.82) is 0 Å². The Morgan fingerprint density at radius 1 is 1.08 bits per heavy atom. The Bertz CT molecular complexity index is 661. The van der Waals surface area contributed by atoms with Crippen molar-refractivity contribution in [3.63, 3.8) is 0 Å². The second-order valence-corrected chi connectivity index (χ2v) is 6.35. The van der Waals surface area contributed by atoms with Gasteiger partial charge in [-0.2, -0.15) is 0 Å². The SMILES string of the molecule is O=C(CCN1C(=O)[C@@H]2CC=CC[C@H]2C1=O)NNc1ccc(Cl)cc1. The molecule has 7 heteroatoms. The zero-order valence-electron chi connectivity index (χ0n) is 13.0. The minimum Gasteiger partial charge on any atom is -0.299 e. The molecule has 1 aromatic carbocycles. The zero-order valence-corrected chi connectivity index (χ0v) is 13.8. The standard InChI is InChI=1S/C17H18ClN3O3/c18-11-5-7-12(8-6-11)19-20-15(22)9-10-21-16(23)13-3-1-2-4-14(13)17(21)24/h1-2,5-8,13-14,19H,3-4,9-10H2,(H,20,22)/t13-,14-/m1/s1. The number of imide groups is 1. The summed E-state index contributed by atoms with van der Waals surface area (Å²) in [6.07, 6.45) is 5.16. The van der Waals surface area contributed by atoms with E-state index in [9.17, 15) is 14.4 Å². The number of hydrogen-bond donors (Lipinski definition) is 2. The first kappa shape index (κ1) is 16.5. The fourth-order valence-electron chi connectivity index (χ4n) is 3.04. The number of carbonyl (C=O) groups is 3. The van der Waals surface area contributed by atoms with Crippen LogP contribution in [-0.4, -0.2) is 29.2 Å². The van der Waals surface area contributed by atoms with E-state index >= 15 is 0 Å². The molecule has 1 heterocycles. The van der Waals surface area contributed by atoms with Crippen LogP contribution in [0.5, 0.6) is 0 Å². The number of likely N-dealkylation sites (tertiary alicyclic amines) is 1. The highest BCUT2D eigenvalue weighted by Crippen LogP contribution is 2.34. The van der Waals surface area contributed by atoms with Gasteiger partial charge < -0.3 is 0 Å². The van der Waals surface area contributed by atoms with E-state index in [4.69, 9.17) is 11.6 Å². The van der Waals surface area contributed by atoms with Crippen LogP contribution in [0.15, 0.2) is 36.4 Å². The van der Waals surface area contributed by atoms with E-state index in [1.807, 2.05) is 12.2 Å². The van der Waals surface area contributed by atoms with Crippen LogP contribution in [0, 0.1) is 11.8 Å². The zero-order chi connectivity index (χ0) is 17.1. The van der Waals surface area contributed by atoms with Gasteiger partial charge >= 0.3 is 0 Å². The molecule has 0 unspecified atom stereocenters. The van der Waals surface area contributed by atoms with E-state index in [1.165, 1.54) is 4.90 Å². The van der Waals surface area contributed by atoms with Crippen LogP contribution < -0.4 is 10.9 Å². The molecule has 6 nitrogen and oxygen atoms in total. The molecule has 126 valence electrons. The average molecular weight is 348 g/mol. The molecule has 2 N–H and O–H groups in total. The molecular weight excluding hydrogens is 330 g/mol. The molecule has 1 fully saturated rings. The molecule has 0 aromatic heterocycles. The Kier molecular flexibility index (Phi) is 4.85.